The summed E-state index contributed by atoms with van der Waals surface area (Å²) in [6.45, 7) is 5.68. The van der Waals surface area contributed by atoms with Crippen LogP contribution in [0, 0.1) is 5.41 Å². The molecule has 1 atom stereocenters. The van der Waals surface area contributed by atoms with Crippen molar-refractivity contribution in [3.05, 3.63) is 11.3 Å². The van der Waals surface area contributed by atoms with Crippen molar-refractivity contribution in [3.8, 4) is 0 Å². The zero-order chi connectivity index (χ0) is 10.9. The third kappa shape index (κ3) is 1.90. The van der Waals surface area contributed by atoms with E-state index in [0.29, 0.717) is 5.76 Å². The molecule has 1 aliphatic rings. The number of esters is 1. The molecule has 0 bridgehead atoms. The number of aliphatic hydroxyl groups is 1. The molecule has 0 amide bonds. The van der Waals surface area contributed by atoms with E-state index < -0.39 is 17.5 Å². The first kappa shape index (κ1) is 11.0. The van der Waals surface area contributed by atoms with E-state index in [2.05, 4.69) is 0 Å². The number of hydrogen-bond donors (Lipinski definition) is 1. The Bertz CT molecular complexity index is 272. The van der Waals surface area contributed by atoms with Crippen molar-refractivity contribution in [2.75, 3.05) is 13.7 Å². The monoisotopic (exact) mass is 200 g/mol. The molecule has 4 nitrogen and oxygen atoms in total. The number of cyclic esters (lactones) is 1. The second-order valence-corrected chi connectivity index (χ2v) is 4.39. The van der Waals surface area contributed by atoms with E-state index in [-0.39, 0.29) is 12.2 Å². The Balaban J connectivity index is 3.00. The summed E-state index contributed by atoms with van der Waals surface area (Å²) in [7, 11) is 1.46. The molecule has 0 fully saturated rings. The smallest absolute Gasteiger partial charge is 0.340 e. The summed E-state index contributed by atoms with van der Waals surface area (Å²) in [5.41, 5.74) is -0.150. The summed E-state index contributed by atoms with van der Waals surface area (Å²) in [4.78, 5) is 11.3. The number of aliphatic hydroxyl groups excluding tert-OH is 1. The van der Waals surface area contributed by atoms with Gasteiger partial charge in [0.15, 0.2) is 0 Å². The lowest BCUT2D eigenvalue weighted by Gasteiger charge is -2.25. The maximum atomic E-state index is 11.3. The van der Waals surface area contributed by atoms with Crippen molar-refractivity contribution in [2.45, 2.75) is 26.9 Å². The van der Waals surface area contributed by atoms with Gasteiger partial charge in [-0.05, 0) is 5.41 Å². The molecule has 0 aromatic heterocycles. The Morgan fingerprint density at radius 3 is 2.50 bits per heavy atom. The van der Waals surface area contributed by atoms with E-state index in [1.54, 1.807) is 0 Å². The third-order valence-corrected chi connectivity index (χ3v) is 2.19. The van der Waals surface area contributed by atoms with Gasteiger partial charge in [-0.1, -0.05) is 20.8 Å². The molecule has 0 spiro atoms. The van der Waals surface area contributed by atoms with Crippen LogP contribution in [0.4, 0.5) is 0 Å². The number of methoxy groups -OCH3 is 1. The summed E-state index contributed by atoms with van der Waals surface area (Å²) in [5.74, 6) is -0.0540. The van der Waals surface area contributed by atoms with E-state index in [4.69, 9.17) is 9.47 Å². The van der Waals surface area contributed by atoms with Crippen LogP contribution in [-0.2, 0) is 14.3 Å². The van der Waals surface area contributed by atoms with E-state index in [0.717, 1.165) is 0 Å². The maximum Gasteiger partial charge on any atom is 0.340 e. The Hall–Kier alpha value is -1.03. The molecule has 0 saturated carbocycles. The van der Waals surface area contributed by atoms with Crippen LogP contribution in [0.15, 0.2) is 11.3 Å². The highest BCUT2D eigenvalue weighted by atomic mass is 16.6. The van der Waals surface area contributed by atoms with Gasteiger partial charge in [0.05, 0.1) is 13.2 Å². The van der Waals surface area contributed by atoms with Crippen LogP contribution in [0.3, 0.4) is 0 Å². The minimum atomic E-state index is -0.854. The first-order chi connectivity index (χ1) is 6.38. The van der Waals surface area contributed by atoms with Gasteiger partial charge in [0.2, 0.25) is 0 Å². The highest BCUT2D eigenvalue weighted by molar-refractivity contribution is 5.92. The average molecular weight is 200 g/mol. The highest BCUT2D eigenvalue weighted by Gasteiger charge is 2.37. The molecule has 14 heavy (non-hydrogen) atoms. The van der Waals surface area contributed by atoms with Crippen molar-refractivity contribution in [1.29, 1.82) is 0 Å². The van der Waals surface area contributed by atoms with E-state index in [1.165, 1.54) is 7.11 Å². The topological polar surface area (TPSA) is 55.8 Å². The zero-order valence-electron chi connectivity index (χ0n) is 8.96. The van der Waals surface area contributed by atoms with Gasteiger partial charge in [-0.25, -0.2) is 4.79 Å². The van der Waals surface area contributed by atoms with Crippen molar-refractivity contribution < 1.29 is 19.4 Å². The van der Waals surface area contributed by atoms with Crippen LogP contribution >= 0.6 is 0 Å². The molecule has 0 aromatic carbocycles. The summed E-state index contributed by atoms with van der Waals surface area (Å²) < 4.78 is 9.77. The first-order valence-electron chi connectivity index (χ1n) is 4.50. The predicted octanol–water partition coefficient (Wildman–Crippen LogP) is 0.851. The molecule has 0 aliphatic carbocycles. The van der Waals surface area contributed by atoms with Gasteiger partial charge in [0.25, 0.3) is 0 Å². The van der Waals surface area contributed by atoms with Gasteiger partial charge < -0.3 is 14.6 Å². The van der Waals surface area contributed by atoms with E-state index in [1.807, 2.05) is 20.8 Å². The fourth-order valence-electron chi connectivity index (χ4n) is 1.27. The lowest BCUT2D eigenvalue weighted by atomic mass is 9.84. The van der Waals surface area contributed by atoms with Gasteiger partial charge in [0, 0.05) is 0 Å². The molecule has 0 saturated heterocycles. The quantitative estimate of drug-likeness (QED) is 0.671. The van der Waals surface area contributed by atoms with Crippen LogP contribution in [0.2, 0.25) is 0 Å². The van der Waals surface area contributed by atoms with Crippen LogP contribution in [-0.4, -0.2) is 30.9 Å². The van der Waals surface area contributed by atoms with Gasteiger partial charge in [-0.3, -0.25) is 0 Å². The number of carbonyl (C=O) groups is 1. The molecule has 1 N–H and O–H groups in total. The molecule has 1 heterocycles. The molecule has 0 radical (unpaired) electrons. The third-order valence-electron chi connectivity index (χ3n) is 2.19. The molecule has 1 aliphatic heterocycles. The number of hydrogen-bond acceptors (Lipinski definition) is 4. The standard InChI is InChI=1S/C10H16O4/c1-10(2,3)8(11)7-6(13-4)5-14-9(7)12/h8,11H,5H2,1-4H3. The minimum Gasteiger partial charge on any atom is -0.497 e. The Morgan fingerprint density at radius 2 is 2.07 bits per heavy atom. The van der Waals surface area contributed by atoms with Crippen molar-refractivity contribution >= 4 is 5.97 Å². The zero-order valence-corrected chi connectivity index (χ0v) is 8.96. The molecule has 80 valence electrons. The van der Waals surface area contributed by atoms with Gasteiger partial charge in [-0.2, -0.15) is 0 Å². The van der Waals surface area contributed by atoms with Crippen LogP contribution in [0.5, 0.6) is 0 Å². The van der Waals surface area contributed by atoms with E-state index >= 15 is 0 Å². The normalized spacial score (nSPS) is 19.6. The number of carbonyl (C=O) groups excluding carboxylic acids is 1. The van der Waals surface area contributed by atoms with Gasteiger partial charge in [0.1, 0.15) is 17.9 Å². The summed E-state index contributed by atoms with van der Waals surface area (Å²) >= 11 is 0. The molecular weight excluding hydrogens is 184 g/mol. The van der Waals surface area contributed by atoms with Gasteiger partial charge >= 0.3 is 5.97 Å². The van der Waals surface area contributed by atoms with E-state index in [9.17, 15) is 9.90 Å². The molecule has 1 rings (SSSR count). The molecule has 0 aromatic rings. The summed E-state index contributed by atoms with van der Waals surface area (Å²) in [5, 5.41) is 9.92. The first-order valence-corrected chi connectivity index (χ1v) is 4.50. The SMILES string of the molecule is COC1=C(C(O)C(C)(C)C)C(=O)OC1. The molecule has 1 unspecified atom stereocenters. The Kier molecular flexibility index (Phi) is 2.85. The van der Waals surface area contributed by atoms with Crippen molar-refractivity contribution in [2.24, 2.45) is 5.41 Å². The highest BCUT2D eigenvalue weighted by Crippen LogP contribution is 2.30. The Labute approximate surface area is 83.5 Å². The number of ether oxygens (including phenoxy) is 2. The van der Waals surface area contributed by atoms with Crippen LogP contribution < -0.4 is 0 Å². The lowest BCUT2D eigenvalue weighted by Crippen LogP contribution is -2.31. The second-order valence-electron chi connectivity index (χ2n) is 4.39. The lowest BCUT2D eigenvalue weighted by molar-refractivity contribution is -0.137. The number of rotatable bonds is 2. The van der Waals surface area contributed by atoms with Gasteiger partial charge in [-0.15, -0.1) is 0 Å². The average Bonchev–Trinajstić information content (AvgIpc) is 2.43. The maximum absolute atomic E-state index is 11.3. The second kappa shape index (κ2) is 3.61. The summed E-state index contributed by atoms with van der Waals surface area (Å²) in [6.07, 6.45) is -0.854. The minimum absolute atomic E-state index is 0.123. The fourth-order valence-corrected chi connectivity index (χ4v) is 1.27. The molecule has 4 heteroatoms. The van der Waals surface area contributed by atoms with Crippen molar-refractivity contribution in [3.63, 3.8) is 0 Å². The molecular formula is C10H16O4. The summed E-state index contributed by atoms with van der Waals surface area (Å²) in [6, 6.07) is 0. The predicted molar refractivity (Wildman–Crippen MR) is 50.5 cm³/mol. The Morgan fingerprint density at radius 1 is 1.50 bits per heavy atom. The largest absolute Gasteiger partial charge is 0.497 e. The van der Waals surface area contributed by atoms with Crippen molar-refractivity contribution in [1.82, 2.24) is 0 Å². The van der Waals surface area contributed by atoms with Crippen LogP contribution in [0.1, 0.15) is 20.8 Å². The fraction of sp³-hybridized carbons (Fsp3) is 0.700. The van der Waals surface area contributed by atoms with Crippen LogP contribution in [0.25, 0.3) is 0 Å².